The number of aryl methyl sites for hydroxylation is 2. The van der Waals surface area contributed by atoms with Gasteiger partial charge in [0, 0.05) is 13.0 Å². The first-order valence-electron chi connectivity index (χ1n) is 16.3. The number of hydrogen-bond donors (Lipinski definition) is 2. The molecule has 9 heteroatoms. The molecular weight excluding hydrogens is 582 g/mol. The Morgan fingerprint density at radius 3 is 1.93 bits per heavy atom. The Balaban J connectivity index is 2.61. The van der Waals surface area contributed by atoms with Crippen LogP contribution in [-0.4, -0.2) is 58.6 Å². The van der Waals surface area contributed by atoms with Crippen LogP contribution in [0.3, 0.4) is 0 Å². The maximum atomic E-state index is 14.5. The van der Waals surface area contributed by atoms with Gasteiger partial charge in [0.2, 0.25) is 11.8 Å². The molecule has 0 fully saturated rings. The number of benzene rings is 2. The fourth-order valence-corrected chi connectivity index (χ4v) is 5.02. The molecule has 2 aromatic rings. The summed E-state index contributed by atoms with van der Waals surface area (Å²) < 4.78 is 11.2. The van der Waals surface area contributed by atoms with Crippen LogP contribution in [0.4, 0.5) is 4.79 Å². The summed E-state index contributed by atoms with van der Waals surface area (Å²) in [4.78, 5) is 56.7. The summed E-state index contributed by atoms with van der Waals surface area (Å²) >= 11 is 0. The van der Waals surface area contributed by atoms with Crippen molar-refractivity contribution in [3.63, 3.8) is 0 Å². The minimum atomic E-state index is -1.08. The number of nitrogens with zero attached hydrogens (tertiary/aromatic N) is 1. The van der Waals surface area contributed by atoms with E-state index in [4.69, 9.17) is 9.47 Å². The Kier molecular flexibility index (Phi) is 13.8. The summed E-state index contributed by atoms with van der Waals surface area (Å²) in [7, 11) is 0. The molecule has 2 N–H and O–H groups in total. The quantitative estimate of drug-likeness (QED) is 0.240. The van der Waals surface area contributed by atoms with Crippen molar-refractivity contribution in [2.45, 2.75) is 125 Å². The lowest BCUT2D eigenvalue weighted by Crippen LogP contribution is -2.55. The van der Waals surface area contributed by atoms with Crippen molar-refractivity contribution >= 4 is 23.9 Å². The van der Waals surface area contributed by atoms with Crippen LogP contribution >= 0.6 is 0 Å². The van der Waals surface area contributed by atoms with Crippen molar-refractivity contribution in [2.75, 3.05) is 6.54 Å². The van der Waals surface area contributed by atoms with Gasteiger partial charge < -0.3 is 25.0 Å². The van der Waals surface area contributed by atoms with Crippen LogP contribution in [0.1, 0.15) is 103 Å². The van der Waals surface area contributed by atoms with E-state index in [1.165, 1.54) is 4.90 Å². The molecule has 0 bridgehead atoms. The van der Waals surface area contributed by atoms with Crippen LogP contribution in [0.25, 0.3) is 0 Å². The van der Waals surface area contributed by atoms with Crippen molar-refractivity contribution in [2.24, 2.45) is 5.92 Å². The zero-order valence-corrected chi connectivity index (χ0v) is 29.7. The fraction of sp³-hybridized carbons (Fsp3) is 0.568. The zero-order valence-electron chi connectivity index (χ0n) is 29.7. The second-order valence-corrected chi connectivity index (χ2v) is 14.4. The van der Waals surface area contributed by atoms with Gasteiger partial charge in [0.05, 0.1) is 0 Å². The number of alkyl carbamates (subject to hydrolysis) is 1. The van der Waals surface area contributed by atoms with E-state index in [-0.39, 0.29) is 18.9 Å². The highest BCUT2D eigenvalue weighted by Crippen LogP contribution is 2.27. The van der Waals surface area contributed by atoms with Gasteiger partial charge in [0.1, 0.15) is 29.3 Å². The largest absolute Gasteiger partial charge is 0.458 e. The molecule has 0 aliphatic carbocycles. The molecule has 0 aliphatic heterocycles. The van der Waals surface area contributed by atoms with Gasteiger partial charge >= 0.3 is 12.1 Å². The molecule has 0 heterocycles. The SMILES string of the molecule is CCCN(C(=O)C(CC(C)C)NC(=O)OC(C)(C)C)C(C(=O)NC(Cc1ccccc1)C(=O)OC(C)(C)C)c1ccc(C)c(C)c1. The predicted octanol–water partition coefficient (Wildman–Crippen LogP) is 6.59. The fourth-order valence-electron chi connectivity index (χ4n) is 5.02. The third-order valence-electron chi connectivity index (χ3n) is 7.14. The van der Waals surface area contributed by atoms with E-state index >= 15 is 0 Å². The van der Waals surface area contributed by atoms with Crippen LogP contribution in [0.5, 0.6) is 0 Å². The molecule has 0 saturated carbocycles. The third kappa shape index (κ3) is 12.5. The first-order chi connectivity index (χ1) is 21.3. The Bertz CT molecular complexity index is 1330. The predicted molar refractivity (Wildman–Crippen MR) is 181 cm³/mol. The Hall–Kier alpha value is -3.88. The standard InChI is InChI=1S/C37H55N3O6/c1-12-20-40(33(42)29(21-24(2)3)39-35(44)46-37(9,10)11)31(28-19-18-25(4)26(5)22-28)32(41)38-30(34(43)45-36(6,7)8)23-27-16-14-13-15-17-27/h13-19,22,24,29-31H,12,20-21,23H2,1-11H3,(H,38,41)(H,39,44). The van der Waals surface area contributed by atoms with E-state index in [2.05, 4.69) is 10.6 Å². The van der Waals surface area contributed by atoms with E-state index in [1.54, 1.807) is 41.5 Å². The topological polar surface area (TPSA) is 114 Å². The maximum Gasteiger partial charge on any atom is 0.408 e. The van der Waals surface area contributed by atoms with Crippen molar-refractivity contribution in [1.82, 2.24) is 15.5 Å². The molecule has 254 valence electrons. The zero-order chi connectivity index (χ0) is 34.8. The molecule has 9 nitrogen and oxygen atoms in total. The van der Waals surface area contributed by atoms with E-state index in [0.717, 1.165) is 16.7 Å². The Morgan fingerprint density at radius 1 is 0.804 bits per heavy atom. The highest BCUT2D eigenvalue weighted by Gasteiger charge is 2.38. The number of ether oxygens (including phenoxy) is 2. The Morgan fingerprint density at radius 2 is 1.41 bits per heavy atom. The van der Waals surface area contributed by atoms with Gasteiger partial charge in [-0.05, 0) is 96.4 Å². The summed E-state index contributed by atoms with van der Waals surface area (Å²) in [6.45, 7) is 20.6. The molecule has 2 aromatic carbocycles. The molecule has 3 atom stereocenters. The lowest BCUT2D eigenvalue weighted by atomic mass is 9.96. The molecule has 3 unspecified atom stereocenters. The first-order valence-corrected chi connectivity index (χ1v) is 16.3. The van der Waals surface area contributed by atoms with Gasteiger partial charge in [-0.15, -0.1) is 0 Å². The summed E-state index contributed by atoms with van der Waals surface area (Å²) in [6.07, 6.45) is 0.399. The van der Waals surface area contributed by atoms with Crippen LogP contribution in [0, 0.1) is 19.8 Å². The molecular formula is C37H55N3O6. The molecule has 0 spiro atoms. The second kappa shape index (κ2) is 16.6. The van der Waals surface area contributed by atoms with Gasteiger partial charge in [-0.25, -0.2) is 9.59 Å². The summed E-state index contributed by atoms with van der Waals surface area (Å²) in [5.74, 6) is -1.43. The highest BCUT2D eigenvalue weighted by atomic mass is 16.6. The number of carbonyl (C=O) groups excluding carboxylic acids is 4. The second-order valence-electron chi connectivity index (χ2n) is 14.4. The number of carbonyl (C=O) groups is 4. The average molecular weight is 638 g/mol. The summed E-state index contributed by atoms with van der Waals surface area (Å²) in [5, 5.41) is 5.71. The van der Waals surface area contributed by atoms with E-state index in [0.29, 0.717) is 18.4 Å². The van der Waals surface area contributed by atoms with Crippen molar-refractivity contribution in [3.05, 3.63) is 70.8 Å². The summed E-state index contributed by atoms with van der Waals surface area (Å²) in [6, 6.07) is 12.0. The molecule has 2 rings (SSSR count). The lowest BCUT2D eigenvalue weighted by molar-refractivity contribution is -0.159. The molecule has 0 aliphatic rings. The van der Waals surface area contributed by atoms with Crippen LogP contribution in [0.2, 0.25) is 0 Å². The first kappa shape index (κ1) is 38.3. The van der Waals surface area contributed by atoms with Crippen molar-refractivity contribution in [1.29, 1.82) is 0 Å². The maximum absolute atomic E-state index is 14.5. The van der Waals surface area contributed by atoms with E-state index in [9.17, 15) is 19.2 Å². The minimum Gasteiger partial charge on any atom is -0.458 e. The smallest absolute Gasteiger partial charge is 0.408 e. The van der Waals surface area contributed by atoms with E-state index in [1.807, 2.05) is 83.1 Å². The number of hydrogen-bond acceptors (Lipinski definition) is 6. The molecule has 0 saturated heterocycles. The third-order valence-corrected chi connectivity index (χ3v) is 7.14. The molecule has 46 heavy (non-hydrogen) atoms. The number of rotatable bonds is 13. The van der Waals surface area contributed by atoms with Crippen LogP contribution in [-0.2, 0) is 30.3 Å². The molecule has 0 aromatic heterocycles. The number of esters is 1. The minimum absolute atomic E-state index is 0.0590. The number of amides is 3. The van der Waals surface area contributed by atoms with Gasteiger partial charge in [-0.1, -0.05) is 69.3 Å². The summed E-state index contributed by atoms with van der Waals surface area (Å²) in [5.41, 5.74) is 1.92. The number of nitrogens with one attached hydrogen (secondary N) is 2. The molecule has 0 radical (unpaired) electrons. The van der Waals surface area contributed by atoms with Gasteiger partial charge in [-0.3, -0.25) is 9.59 Å². The van der Waals surface area contributed by atoms with Crippen molar-refractivity contribution in [3.8, 4) is 0 Å². The van der Waals surface area contributed by atoms with Crippen molar-refractivity contribution < 1.29 is 28.7 Å². The van der Waals surface area contributed by atoms with Gasteiger partial charge in [0.15, 0.2) is 0 Å². The van der Waals surface area contributed by atoms with Gasteiger partial charge in [-0.2, -0.15) is 0 Å². The highest BCUT2D eigenvalue weighted by molar-refractivity contribution is 5.94. The average Bonchev–Trinajstić information content (AvgIpc) is 2.92. The van der Waals surface area contributed by atoms with Crippen LogP contribution in [0.15, 0.2) is 48.5 Å². The normalized spacial score (nSPS) is 13.7. The van der Waals surface area contributed by atoms with Crippen LogP contribution < -0.4 is 10.6 Å². The Labute approximate surface area is 275 Å². The van der Waals surface area contributed by atoms with Gasteiger partial charge in [0.25, 0.3) is 0 Å². The lowest BCUT2D eigenvalue weighted by Gasteiger charge is -2.35. The molecule has 3 amide bonds. The monoisotopic (exact) mass is 637 g/mol. The van der Waals surface area contributed by atoms with E-state index < -0.39 is 53.2 Å².